The fourth-order valence-corrected chi connectivity index (χ4v) is 2.43. The molecule has 0 radical (unpaired) electrons. The average Bonchev–Trinajstić information content (AvgIpc) is 2.61. The number of nitro benzene ring substituents is 1. The molecule has 7 heteroatoms. The molecule has 0 saturated carbocycles. The van der Waals surface area contributed by atoms with Crippen LogP contribution in [0.1, 0.15) is 11.3 Å². The van der Waals surface area contributed by atoms with Crippen LogP contribution in [0.25, 0.3) is 23.1 Å². The summed E-state index contributed by atoms with van der Waals surface area (Å²) < 4.78 is 4.96. The van der Waals surface area contributed by atoms with Gasteiger partial charge in [0, 0.05) is 11.5 Å². The van der Waals surface area contributed by atoms with Gasteiger partial charge in [0.05, 0.1) is 17.7 Å². The second-order valence-corrected chi connectivity index (χ2v) is 5.27. The van der Waals surface area contributed by atoms with Crippen molar-refractivity contribution in [3.63, 3.8) is 0 Å². The van der Waals surface area contributed by atoms with E-state index in [4.69, 9.17) is 4.74 Å². The smallest absolute Gasteiger partial charge is 0.315 e. The van der Waals surface area contributed by atoms with Crippen molar-refractivity contribution < 1.29 is 19.9 Å². The molecule has 3 rings (SSSR count). The molecule has 0 unspecified atom stereocenters. The minimum absolute atomic E-state index is 0.0120. The summed E-state index contributed by atoms with van der Waals surface area (Å²) in [6, 6.07) is 11.4. The van der Waals surface area contributed by atoms with E-state index in [1.807, 2.05) is 12.1 Å². The molecule has 0 aliphatic carbocycles. The molecule has 2 N–H and O–H groups in total. The number of pyridine rings is 1. The van der Waals surface area contributed by atoms with Crippen LogP contribution < -0.4 is 4.74 Å². The molecule has 0 fully saturated rings. The van der Waals surface area contributed by atoms with Gasteiger partial charge in [0.25, 0.3) is 0 Å². The van der Waals surface area contributed by atoms with Gasteiger partial charge in [-0.15, -0.1) is 0 Å². The van der Waals surface area contributed by atoms with Crippen LogP contribution in [0.15, 0.2) is 42.5 Å². The fourth-order valence-electron chi connectivity index (χ4n) is 2.43. The molecule has 0 saturated heterocycles. The molecule has 126 valence electrons. The average molecular weight is 338 g/mol. The van der Waals surface area contributed by atoms with Crippen molar-refractivity contribution in [2.45, 2.75) is 0 Å². The summed E-state index contributed by atoms with van der Waals surface area (Å²) in [5.41, 5.74) is 1.08. The maximum Gasteiger partial charge on any atom is 0.315 e. The number of rotatable bonds is 4. The number of fused-ring (bicyclic) bond motifs is 1. The van der Waals surface area contributed by atoms with Gasteiger partial charge in [-0.3, -0.25) is 10.1 Å². The first-order chi connectivity index (χ1) is 12.0. The summed E-state index contributed by atoms with van der Waals surface area (Å²) in [7, 11) is 1.32. The number of methoxy groups -OCH3 is 1. The molecule has 3 aromatic rings. The van der Waals surface area contributed by atoms with E-state index in [2.05, 4.69) is 4.98 Å². The third kappa shape index (κ3) is 3.20. The Labute approximate surface area is 142 Å². The van der Waals surface area contributed by atoms with Crippen LogP contribution in [0.3, 0.4) is 0 Å². The Kier molecular flexibility index (Phi) is 4.21. The lowest BCUT2D eigenvalue weighted by atomic mass is 10.1. The third-order valence-electron chi connectivity index (χ3n) is 3.66. The van der Waals surface area contributed by atoms with E-state index in [1.165, 1.54) is 19.2 Å². The van der Waals surface area contributed by atoms with Crippen LogP contribution in [-0.4, -0.2) is 27.2 Å². The molecule has 25 heavy (non-hydrogen) atoms. The predicted molar refractivity (Wildman–Crippen MR) is 93.6 cm³/mol. The van der Waals surface area contributed by atoms with E-state index in [9.17, 15) is 20.3 Å². The van der Waals surface area contributed by atoms with Gasteiger partial charge in [-0.05, 0) is 29.8 Å². The monoisotopic (exact) mass is 338 g/mol. The summed E-state index contributed by atoms with van der Waals surface area (Å²) in [5.74, 6) is -0.425. The molecule has 0 spiro atoms. The molecule has 0 atom stereocenters. The first kappa shape index (κ1) is 16.3. The van der Waals surface area contributed by atoms with E-state index in [-0.39, 0.29) is 11.5 Å². The van der Waals surface area contributed by atoms with E-state index in [1.54, 1.807) is 30.4 Å². The van der Waals surface area contributed by atoms with Crippen molar-refractivity contribution in [2.75, 3.05) is 7.11 Å². The van der Waals surface area contributed by atoms with Crippen molar-refractivity contribution in [1.82, 2.24) is 4.98 Å². The zero-order valence-corrected chi connectivity index (χ0v) is 13.2. The summed E-state index contributed by atoms with van der Waals surface area (Å²) in [6.07, 6.45) is 3.27. The van der Waals surface area contributed by atoms with Gasteiger partial charge in [0.2, 0.25) is 5.75 Å². The Morgan fingerprint density at radius 1 is 1.16 bits per heavy atom. The molecule has 1 aromatic heterocycles. The lowest BCUT2D eigenvalue weighted by Crippen LogP contribution is -1.93. The number of ether oxygens (including phenoxy) is 1. The van der Waals surface area contributed by atoms with Gasteiger partial charge in [-0.1, -0.05) is 24.3 Å². The van der Waals surface area contributed by atoms with Gasteiger partial charge in [-0.25, -0.2) is 4.98 Å². The summed E-state index contributed by atoms with van der Waals surface area (Å²) >= 11 is 0. The molecule has 1 heterocycles. The van der Waals surface area contributed by atoms with Crippen LogP contribution in [0, 0.1) is 10.1 Å². The number of hydrogen-bond donors (Lipinski definition) is 2. The number of para-hydroxylation sites is 1. The molecule has 0 aliphatic heterocycles. The van der Waals surface area contributed by atoms with Gasteiger partial charge < -0.3 is 14.9 Å². The SMILES string of the molecule is COc1cc(C=Cc2ccc3cccc(O)c3n2)cc([N+](=O)[O-])c1O. The molecular formula is C18H14N2O5. The van der Waals surface area contributed by atoms with Crippen LogP contribution in [0.2, 0.25) is 0 Å². The highest BCUT2D eigenvalue weighted by atomic mass is 16.6. The quantitative estimate of drug-likeness (QED) is 0.554. The summed E-state index contributed by atoms with van der Waals surface area (Å²) in [6.45, 7) is 0. The van der Waals surface area contributed by atoms with Gasteiger partial charge in [0.1, 0.15) is 11.3 Å². The number of nitro groups is 1. The second-order valence-electron chi connectivity index (χ2n) is 5.27. The number of phenols is 2. The lowest BCUT2D eigenvalue weighted by Gasteiger charge is -2.05. The van der Waals surface area contributed by atoms with Crippen molar-refractivity contribution in [1.29, 1.82) is 0 Å². The number of benzene rings is 2. The van der Waals surface area contributed by atoms with E-state index in [0.29, 0.717) is 16.8 Å². The Morgan fingerprint density at radius 3 is 2.68 bits per heavy atom. The van der Waals surface area contributed by atoms with Crippen LogP contribution in [0.4, 0.5) is 5.69 Å². The second kappa shape index (κ2) is 6.48. The fraction of sp³-hybridized carbons (Fsp3) is 0.0556. The van der Waals surface area contributed by atoms with Gasteiger partial charge in [-0.2, -0.15) is 0 Å². The minimum atomic E-state index is -0.679. The van der Waals surface area contributed by atoms with E-state index < -0.39 is 16.4 Å². The van der Waals surface area contributed by atoms with Crippen LogP contribution in [-0.2, 0) is 0 Å². The summed E-state index contributed by atoms with van der Waals surface area (Å²) in [4.78, 5) is 14.7. The largest absolute Gasteiger partial charge is 0.506 e. The molecule has 0 bridgehead atoms. The van der Waals surface area contributed by atoms with E-state index >= 15 is 0 Å². The van der Waals surface area contributed by atoms with Crippen molar-refractivity contribution in [3.8, 4) is 17.2 Å². The lowest BCUT2D eigenvalue weighted by molar-refractivity contribution is -0.386. The van der Waals surface area contributed by atoms with Gasteiger partial charge >= 0.3 is 5.69 Å². The highest BCUT2D eigenvalue weighted by Crippen LogP contribution is 2.37. The molecule has 2 aromatic carbocycles. The Bertz CT molecular complexity index is 998. The maximum atomic E-state index is 11.0. The third-order valence-corrected chi connectivity index (χ3v) is 3.66. The number of phenolic OH excluding ortho intramolecular Hbond substituents is 2. The highest BCUT2D eigenvalue weighted by Gasteiger charge is 2.19. The first-order valence-electron chi connectivity index (χ1n) is 7.32. The molecule has 0 aliphatic rings. The van der Waals surface area contributed by atoms with Crippen molar-refractivity contribution in [3.05, 3.63) is 63.8 Å². The van der Waals surface area contributed by atoms with Crippen molar-refractivity contribution in [2.24, 2.45) is 0 Å². The number of aromatic nitrogens is 1. The zero-order chi connectivity index (χ0) is 18.0. The van der Waals surface area contributed by atoms with E-state index in [0.717, 1.165) is 5.39 Å². The minimum Gasteiger partial charge on any atom is -0.506 e. The predicted octanol–water partition coefficient (Wildman–Crippen LogP) is 3.73. The number of nitrogens with zero attached hydrogens (tertiary/aromatic N) is 2. The summed E-state index contributed by atoms with van der Waals surface area (Å²) in [5, 5.41) is 31.5. The molecule has 0 amide bonds. The Hall–Kier alpha value is -3.61. The normalized spacial score (nSPS) is 11.1. The Balaban J connectivity index is 2.00. The Morgan fingerprint density at radius 2 is 1.96 bits per heavy atom. The number of aromatic hydroxyl groups is 2. The van der Waals surface area contributed by atoms with Crippen LogP contribution in [0.5, 0.6) is 17.2 Å². The highest BCUT2D eigenvalue weighted by molar-refractivity contribution is 5.85. The maximum absolute atomic E-state index is 11.0. The number of hydrogen-bond acceptors (Lipinski definition) is 6. The molecule has 7 nitrogen and oxygen atoms in total. The van der Waals surface area contributed by atoms with Crippen molar-refractivity contribution >= 4 is 28.7 Å². The topological polar surface area (TPSA) is 106 Å². The zero-order valence-electron chi connectivity index (χ0n) is 13.2. The standard InChI is InChI=1S/C18H14N2O5/c1-25-16-10-11(9-14(18(16)22)20(23)24)5-7-13-8-6-12-3-2-4-15(21)17(12)19-13/h2-10,21-22H,1H3. The first-order valence-corrected chi connectivity index (χ1v) is 7.32. The van der Waals surface area contributed by atoms with Crippen LogP contribution >= 0.6 is 0 Å². The molecular weight excluding hydrogens is 324 g/mol. The van der Waals surface area contributed by atoms with Gasteiger partial charge in [0.15, 0.2) is 5.75 Å².